The first kappa shape index (κ1) is 18.4. The second-order valence-electron chi connectivity index (χ2n) is 6.79. The van der Waals surface area contributed by atoms with Gasteiger partial charge in [0.15, 0.2) is 6.29 Å². The number of aliphatic imine (C=N–C) groups is 1. The van der Waals surface area contributed by atoms with Crippen LogP contribution in [0.5, 0.6) is 0 Å². The Morgan fingerprint density at radius 1 is 1.21 bits per heavy atom. The fourth-order valence-corrected chi connectivity index (χ4v) is 3.38. The first-order valence-electron chi connectivity index (χ1n) is 9.27. The maximum absolute atomic E-state index is 10.9. The van der Waals surface area contributed by atoms with E-state index in [2.05, 4.69) is 33.3 Å². The summed E-state index contributed by atoms with van der Waals surface area (Å²) in [6.45, 7) is 2.47. The predicted octanol–water partition coefficient (Wildman–Crippen LogP) is 4.29. The minimum absolute atomic E-state index is 0.366. The lowest BCUT2D eigenvalue weighted by Gasteiger charge is -2.21. The molecule has 0 bridgehead atoms. The number of pyridine rings is 1. The van der Waals surface area contributed by atoms with Crippen LogP contribution in [0.4, 0.5) is 5.69 Å². The van der Waals surface area contributed by atoms with Gasteiger partial charge < -0.3 is 10.3 Å². The van der Waals surface area contributed by atoms with Crippen LogP contribution in [0.25, 0.3) is 17.0 Å². The molecule has 0 spiro atoms. The van der Waals surface area contributed by atoms with E-state index in [1.54, 1.807) is 18.3 Å². The number of fused-ring (bicyclic) bond motifs is 1. The highest BCUT2D eigenvalue weighted by Gasteiger charge is 2.21. The first-order valence-corrected chi connectivity index (χ1v) is 9.27. The highest BCUT2D eigenvalue weighted by atomic mass is 16.1. The Bertz CT molecular complexity index is 1210. The van der Waals surface area contributed by atoms with E-state index >= 15 is 0 Å². The van der Waals surface area contributed by atoms with Gasteiger partial charge in [0.2, 0.25) is 0 Å². The maximum atomic E-state index is 10.9. The molecule has 0 saturated heterocycles. The summed E-state index contributed by atoms with van der Waals surface area (Å²) in [4.78, 5) is 22.7. The number of aryl methyl sites for hydroxylation is 1. The van der Waals surface area contributed by atoms with Gasteiger partial charge >= 0.3 is 0 Å². The van der Waals surface area contributed by atoms with E-state index in [1.165, 1.54) is 0 Å². The number of allylic oxidation sites excluding steroid dienone is 2. The van der Waals surface area contributed by atoms with Crippen molar-refractivity contribution in [2.24, 2.45) is 10.9 Å². The van der Waals surface area contributed by atoms with Crippen LogP contribution < -0.4 is 5.32 Å². The summed E-state index contributed by atoms with van der Waals surface area (Å²) in [6.07, 6.45) is 8.09. The van der Waals surface area contributed by atoms with Gasteiger partial charge in [0.05, 0.1) is 18.3 Å². The number of H-pyrrole nitrogens is 1. The Kier molecular flexibility index (Phi) is 5.04. The van der Waals surface area contributed by atoms with Crippen LogP contribution in [0.3, 0.4) is 0 Å². The second-order valence-corrected chi connectivity index (χ2v) is 6.79. The van der Waals surface area contributed by atoms with E-state index < -0.39 is 0 Å². The highest BCUT2D eigenvalue weighted by Crippen LogP contribution is 2.29. The summed E-state index contributed by atoms with van der Waals surface area (Å²) < 4.78 is 0. The van der Waals surface area contributed by atoms with Crippen LogP contribution in [-0.2, 0) is 0 Å². The highest BCUT2D eigenvalue weighted by molar-refractivity contribution is 5.90. The number of aromatic amines is 1. The van der Waals surface area contributed by atoms with Crippen LogP contribution in [0.15, 0.2) is 64.9 Å². The minimum Gasteiger partial charge on any atom is -0.361 e. The number of nitriles is 1. The lowest BCUT2D eigenvalue weighted by molar-refractivity contribution is 0.111. The molecule has 1 aromatic carbocycles. The van der Waals surface area contributed by atoms with Gasteiger partial charge in [-0.05, 0) is 55.0 Å². The van der Waals surface area contributed by atoms with Gasteiger partial charge in [0, 0.05) is 40.3 Å². The molecule has 1 aliphatic rings. The molecule has 4 rings (SSSR count). The van der Waals surface area contributed by atoms with E-state index in [4.69, 9.17) is 0 Å². The number of aromatic nitrogens is 2. The summed E-state index contributed by atoms with van der Waals surface area (Å²) in [5.74, 6) is -0.366. The van der Waals surface area contributed by atoms with E-state index in [-0.39, 0.29) is 5.92 Å². The molecule has 0 amide bonds. The Hall–Kier alpha value is -3.98. The Balaban J connectivity index is 1.72. The van der Waals surface area contributed by atoms with Gasteiger partial charge in [-0.25, -0.2) is 4.98 Å². The average molecular weight is 381 g/mol. The van der Waals surface area contributed by atoms with Crippen molar-refractivity contribution in [1.29, 1.82) is 5.26 Å². The number of rotatable bonds is 5. The summed E-state index contributed by atoms with van der Waals surface area (Å²) in [7, 11) is 0. The van der Waals surface area contributed by atoms with Gasteiger partial charge in [-0.1, -0.05) is 6.07 Å². The number of carbonyl (C=O) groups is 1. The molecule has 29 heavy (non-hydrogen) atoms. The molecule has 1 aliphatic heterocycles. The molecule has 0 aliphatic carbocycles. The number of benzene rings is 1. The van der Waals surface area contributed by atoms with Crippen LogP contribution in [0.1, 0.15) is 21.7 Å². The van der Waals surface area contributed by atoms with Gasteiger partial charge in [-0.15, -0.1) is 0 Å². The van der Waals surface area contributed by atoms with Gasteiger partial charge in [0.1, 0.15) is 11.6 Å². The van der Waals surface area contributed by atoms with Crippen molar-refractivity contribution >= 4 is 35.2 Å². The minimum atomic E-state index is -0.366. The predicted molar refractivity (Wildman–Crippen MR) is 115 cm³/mol. The van der Waals surface area contributed by atoms with Crippen molar-refractivity contribution in [3.63, 3.8) is 0 Å². The number of nitrogens with one attached hydrogen (secondary N) is 2. The van der Waals surface area contributed by atoms with Crippen molar-refractivity contribution < 1.29 is 4.79 Å². The zero-order chi connectivity index (χ0) is 20.2. The molecule has 1 unspecified atom stereocenters. The second kappa shape index (κ2) is 7.95. The van der Waals surface area contributed by atoms with Crippen molar-refractivity contribution in [2.45, 2.75) is 6.92 Å². The average Bonchev–Trinajstić information content (AvgIpc) is 3.24. The SMILES string of the molecule is Cc1c(NC2=C(/C=C/c3cccc(C=O)n3)C=NCC2C#N)ccc2[nH]ccc12. The molecule has 0 fully saturated rings. The van der Waals surface area contributed by atoms with Gasteiger partial charge in [-0.2, -0.15) is 5.26 Å². The molecule has 2 aromatic heterocycles. The van der Waals surface area contributed by atoms with Crippen LogP contribution in [-0.4, -0.2) is 29.0 Å². The summed E-state index contributed by atoms with van der Waals surface area (Å²) in [6, 6.07) is 13.7. The molecule has 6 nitrogen and oxygen atoms in total. The summed E-state index contributed by atoms with van der Waals surface area (Å²) >= 11 is 0. The number of aldehydes is 1. The Morgan fingerprint density at radius 3 is 2.90 bits per heavy atom. The molecule has 0 saturated carbocycles. The summed E-state index contributed by atoms with van der Waals surface area (Å²) in [5.41, 5.74) is 5.80. The lowest BCUT2D eigenvalue weighted by Crippen LogP contribution is -2.20. The maximum Gasteiger partial charge on any atom is 0.168 e. The number of dihydropyridines is 1. The van der Waals surface area contributed by atoms with E-state index in [1.807, 2.05) is 42.6 Å². The van der Waals surface area contributed by atoms with Gasteiger partial charge in [-0.3, -0.25) is 9.79 Å². The Labute approximate surface area is 168 Å². The third-order valence-electron chi connectivity index (χ3n) is 4.95. The third-order valence-corrected chi connectivity index (χ3v) is 4.95. The smallest absolute Gasteiger partial charge is 0.168 e. The van der Waals surface area contributed by atoms with E-state index in [0.717, 1.165) is 39.7 Å². The number of anilines is 1. The van der Waals surface area contributed by atoms with Crippen LogP contribution >= 0.6 is 0 Å². The number of nitrogens with zero attached hydrogens (tertiary/aromatic N) is 3. The molecular formula is C23H19N5O. The van der Waals surface area contributed by atoms with E-state index in [0.29, 0.717) is 17.9 Å². The number of carbonyl (C=O) groups excluding carboxylic acids is 1. The van der Waals surface area contributed by atoms with Gasteiger partial charge in [0.25, 0.3) is 0 Å². The fraction of sp³-hybridized carbons (Fsp3) is 0.130. The normalized spacial score (nSPS) is 16.3. The molecule has 3 aromatic rings. The van der Waals surface area contributed by atoms with Crippen molar-refractivity contribution in [1.82, 2.24) is 9.97 Å². The topological polar surface area (TPSA) is 93.9 Å². The molecule has 6 heteroatoms. The Morgan fingerprint density at radius 2 is 2.07 bits per heavy atom. The van der Waals surface area contributed by atoms with Crippen molar-refractivity contribution in [3.8, 4) is 6.07 Å². The fourth-order valence-electron chi connectivity index (χ4n) is 3.38. The van der Waals surface area contributed by atoms with Crippen LogP contribution in [0.2, 0.25) is 0 Å². The van der Waals surface area contributed by atoms with Crippen molar-refractivity contribution in [2.75, 3.05) is 11.9 Å². The third kappa shape index (κ3) is 3.71. The lowest BCUT2D eigenvalue weighted by atomic mass is 9.98. The zero-order valence-electron chi connectivity index (χ0n) is 15.9. The van der Waals surface area contributed by atoms with Crippen LogP contribution in [0, 0.1) is 24.2 Å². The number of hydrogen-bond donors (Lipinski definition) is 2. The standard InChI is InChI=1S/C23H19N5O/c1-15-20-9-10-26-22(20)8-7-21(15)28-23-16(12-25-13-17(23)11-24)5-6-18-3-2-4-19(14-29)27-18/h2-10,12,14,17,26,28H,13H2,1H3/b6-5+. The quantitative estimate of drug-likeness (QED) is 0.645. The molecule has 142 valence electrons. The summed E-state index contributed by atoms with van der Waals surface area (Å²) in [5, 5.41) is 14.2. The number of hydrogen-bond acceptors (Lipinski definition) is 5. The molecule has 3 heterocycles. The monoisotopic (exact) mass is 381 g/mol. The largest absolute Gasteiger partial charge is 0.361 e. The molecule has 1 atom stereocenters. The van der Waals surface area contributed by atoms with E-state index in [9.17, 15) is 10.1 Å². The first-order chi connectivity index (χ1) is 14.2. The zero-order valence-corrected chi connectivity index (χ0v) is 15.9. The molecular weight excluding hydrogens is 362 g/mol. The van der Waals surface area contributed by atoms with Crippen molar-refractivity contribution in [3.05, 3.63) is 76.9 Å². The molecule has 0 radical (unpaired) electrons. The molecule has 2 N–H and O–H groups in total.